The number of carbonyl (C=O) groups excluding carboxylic acids is 1. The second-order valence-corrected chi connectivity index (χ2v) is 8.39. The molecule has 0 aromatic carbocycles. The van der Waals surface area contributed by atoms with Gasteiger partial charge in [0.25, 0.3) is 0 Å². The van der Waals surface area contributed by atoms with E-state index >= 15 is 0 Å². The van der Waals surface area contributed by atoms with E-state index in [9.17, 15) is 4.79 Å². The maximum atomic E-state index is 12.2. The van der Waals surface area contributed by atoms with E-state index in [4.69, 9.17) is 9.47 Å². The normalized spacial score (nSPS) is 21.3. The molecule has 20 heavy (non-hydrogen) atoms. The number of carbonyl (C=O) groups is 1. The fraction of sp³-hybridized carbons (Fsp3) is 0.857. The summed E-state index contributed by atoms with van der Waals surface area (Å²) in [5, 5.41) is 0. The van der Waals surface area contributed by atoms with Gasteiger partial charge in [-0.2, -0.15) is 0 Å². The summed E-state index contributed by atoms with van der Waals surface area (Å²) in [6.45, 7) is 13.4. The highest BCUT2D eigenvalue weighted by atomic mass is 32.2. The van der Waals surface area contributed by atoms with Crippen LogP contribution in [-0.4, -0.2) is 53.4 Å². The van der Waals surface area contributed by atoms with Crippen LogP contribution < -0.4 is 0 Å². The quantitative estimate of drug-likeness (QED) is 0.581. The van der Waals surface area contributed by atoms with E-state index in [0.717, 1.165) is 0 Å². The highest BCUT2D eigenvalue weighted by Crippen LogP contribution is 2.24. The zero-order valence-electron chi connectivity index (χ0n) is 13.3. The summed E-state index contributed by atoms with van der Waals surface area (Å²) >= 11 is 1.49. The van der Waals surface area contributed by atoms with Gasteiger partial charge in [0.15, 0.2) is 0 Å². The van der Waals surface area contributed by atoms with Crippen molar-refractivity contribution in [2.24, 2.45) is 4.40 Å². The molecule has 0 aromatic heterocycles. The molecule has 1 atom stereocenters. The van der Waals surface area contributed by atoms with Crippen LogP contribution in [0.5, 0.6) is 0 Å². The summed E-state index contributed by atoms with van der Waals surface area (Å²) in [4.78, 5) is 13.8. The fourth-order valence-corrected chi connectivity index (χ4v) is 2.07. The molecule has 1 fully saturated rings. The van der Waals surface area contributed by atoms with Crippen molar-refractivity contribution in [2.75, 3.05) is 19.8 Å². The van der Waals surface area contributed by atoms with Crippen LogP contribution in [-0.2, 0) is 9.47 Å². The third kappa shape index (κ3) is 6.61. The van der Waals surface area contributed by atoms with Gasteiger partial charge in [-0.3, -0.25) is 4.90 Å². The van der Waals surface area contributed by atoms with Gasteiger partial charge in [-0.05, 0) is 53.5 Å². The maximum Gasteiger partial charge on any atom is 0.410 e. The molecular formula is C14H26N2O3S. The van der Waals surface area contributed by atoms with E-state index in [-0.39, 0.29) is 16.9 Å². The van der Waals surface area contributed by atoms with Gasteiger partial charge >= 0.3 is 6.09 Å². The molecule has 0 aromatic rings. The monoisotopic (exact) mass is 302 g/mol. The molecule has 1 saturated heterocycles. The Hall–Kier alpha value is -0.750. The third-order valence-electron chi connectivity index (χ3n) is 2.35. The first-order chi connectivity index (χ1) is 9.08. The predicted octanol–water partition coefficient (Wildman–Crippen LogP) is 3.14. The minimum absolute atomic E-state index is 0.0583. The molecule has 5 nitrogen and oxygen atoms in total. The van der Waals surface area contributed by atoms with Gasteiger partial charge in [0.1, 0.15) is 5.60 Å². The van der Waals surface area contributed by atoms with Crippen molar-refractivity contribution in [2.45, 2.75) is 57.9 Å². The lowest BCUT2D eigenvalue weighted by Gasteiger charge is -2.34. The largest absolute Gasteiger partial charge is 0.444 e. The van der Waals surface area contributed by atoms with E-state index in [1.165, 1.54) is 11.9 Å². The summed E-state index contributed by atoms with van der Waals surface area (Å²) in [6, 6.07) is -0.159. The Balaban J connectivity index is 2.65. The van der Waals surface area contributed by atoms with E-state index < -0.39 is 5.60 Å². The van der Waals surface area contributed by atoms with Gasteiger partial charge in [-0.1, -0.05) is 0 Å². The third-order valence-corrected chi connectivity index (χ3v) is 3.13. The van der Waals surface area contributed by atoms with Crippen LogP contribution in [0.4, 0.5) is 4.79 Å². The van der Waals surface area contributed by atoms with Crippen molar-refractivity contribution in [3.63, 3.8) is 0 Å². The smallest absolute Gasteiger partial charge is 0.410 e. The first-order valence-corrected chi connectivity index (χ1v) is 7.65. The van der Waals surface area contributed by atoms with Crippen LogP contribution >= 0.6 is 11.9 Å². The first kappa shape index (κ1) is 17.3. The summed E-state index contributed by atoms with van der Waals surface area (Å²) in [6.07, 6.45) is 1.47. The van der Waals surface area contributed by atoms with Crippen molar-refractivity contribution in [3.8, 4) is 0 Å². The lowest BCUT2D eigenvalue weighted by Crippen LogP contribution is -2.51. The Morgan fingerprint density at radius 2 is 2.00 bits per heavy atom. The highest BCUT2D eigenvalue weighted by molar-refractivity contribution is 7.99. The second kappa shape index (κ2) is 6.80. The lowest BCUT2D eigenvalue weighted by molar-refractivity contribution is -0.0169. The zero-order valence-corrected chi connectivity index (χ0v) is 14.1. The van der Waals surface area contributed by atoms with Crippen molar-refractivity contribution >= 4 is 24.3 Å². The van der Waals surface area contributed by atoms with E-state index in [1.807, 2.05) is 20.8 Å². The van der Waals surface area contributed by atoms with E-state index in [1.54, 1.807) is 11.1 Å². The number of hydrogen-bond donors (Lipinski definition) is 0. The maximum absolute atomic E-state index is 12.2. The Morgan fingerprint density at radius 1 is 1.35 bits per heavy atom. The van der Waals surface area contributed by atoms with Gasteiger partial charge < -0.3 is 9.47 Å². The summed E-state index contributed by atoms with van der Waals surface area (Å²) in [7, 11) is 0. The summed E-state index contributed by atoms with van der Waals surface area (Å²) < 4.78 is 15.3. The van der Waals surface area contributed by atoms with Crippen LogP contribution in [0.3, 0.4) is 0 Å². The van der Waals surface area contributed by atoms with Gasteiger partial charge in [0, 0.05) is 17.5 Å². The van der Waals surface area contributed by atoms with Crippen molar-refractivity contribution in [3.05, 3.63) is 0 Å². The lowest BCUT2D eigenvalue weighted by atomic mass is 10.2. The standard InChI is InChI=1S/C14H26N2O3S/c1-13(2,3)19-12(17)16-7-8-18-10-11(16)9-15-20-14(4,5)6/h9,11H,7-8,10H2,1-6H3/b15-9+. The summed E-state index contributed by atoms with van der Waals surface area (Å²) in [5.41, 5.74) is -0.489. The number of morpholine rings is 1. The van der Waals surface area contributed by atoms with Crippen LogP contribution in [0.25, 0.3) is 0 Å². The predicted molar refractivity (Wildman–Crippen MR) is 83.4 cm³/mol. The molecule has 0 N–H and O–H groups in total. The molecule has 1 aliphatic heterocycles. The molecule has 0 aliphatic carbocycles. The average Bonchev–Trinajstić information content (AvgIpc) is 2.25. The molecule has 0 spiro atoms. The minimum Gasteiger partial charge on any atom is -0.444 e. The molecule has 0 bridgehead atoms. The van der Waals surface area contributed by atoms with E-state index in [0.29, 0.717) is 19.8 Å². The second-order valence-electron chi connectivity index (χ2n) is 6.77. The molecule has 0 radical (unpaired) electrons. The number of rotatable bonds is 2. The Labute approximate surface area is 126 Å². The average molecular weight is 302 g/mol. The van der Waals surface area contributed by atoms with Crippen LogP contribution in [0.1, 0.15) is 41.5 Å². The molecule has 1 heterocycles. The first-order valence-electron chi connectivity index (χ1n) is 6.87. The molecule has 1 aliphatic rings. The Kier molecular flexibility index (Phi) is 5.89. The van der Waals surface area contributed by atoms with Gasteiger partial charge in [0.05, 0.1) is 19.3 Å². The molecular weight excluding hydrogens is 276 g/mol. The Bertz CT molecular complexity index is 358. The number of amides is 1. The number of hydrogen-bond acceptors (Lipinski definition) is 5. The molecule has 1 rings (SSSR count). The van der Waals surface area contributed by atoms with Crippen molar-refractivity contribution in [1.29, 1.82) is 0 Å². The van der Waals surface area contributed by atoms with Crippen molar-refractivity contribution in [1.82, 2.24) is 4.90 Å². The molecule has 6 heteroatoms. The SMILES string of the molecule is CC(C)(C)OC(=O)N1CCOCC1/C=N/SC(C)(C)C. The summed E-state index contributed by atoms with van der Waals surface area (Å²) in [5.74, 6) is 0. The highest BCUT2D eigenvalue weighted by Gasteiger charge is 2.30. The molecule has 116 valence electrons. The molecule has 1 unspecified atom stereocenters. The minimum atomic E-state index is -0.489. The molecule has 1 amide bonds. The number of ether oxygens (including phenoxy) is 2. The zero-order chi connectivity index (χ0) is 15.4. The molecule has 0 saturated carbocycles. The van der Waals surface area contributed by atoms with E-state index in [2.05, 4.69) is 25.2 Å². The van der Waals surface area contributed by atoms with Gasteiger partial charge in [-0.15, -0.1) is 0 Å². The fourth-order valence-electron chi connectivity index (χ4n) is 1.55. The topological polar surface area (TPSA) is 51.1 Å². The van der Waals surface area contributed by atoms with Gasteiger partial charge in [0.2, 0.25) is 0 Å². The Morgan fingerprint density at radius 3 is 2.55 bits per heavy atom. The number of nitrogens with zero attached hydrogens (tertiary/aromatic N) is 2. The van der Waals surface area contributed by atoms with Crippen LogP contribution in [0.2, 0.25) is 0 Å². The van der Waals surface area contributed by atoms with Crippen LogP contribution in [0.15, 0.2) is 4.40 Å². The van der Waals surface area contributed by atoms with Gasteiger partial charge in [-0.25, -0.2) is 9.19 Å². The van der Waals surface area contributed by atoms with Crippen molar-refractivity contribution < 1.29 is 14.3 Å². The van der Waals surface area contributed by atoms with Crippen LogP contribution in [0, 0.1) is 0 Å².